The summed E-state index contributed by atoms with van der Waals surface area (Å²) in [6.07, 6.45) is 10.4. The molecule has 3 nitrogen and oxygen atoms in total. The molecular weight excluding hydrogens is 262 g/mol. The number of aliphatic hydroxyl groups excluding tert-OH is 1. The van der Waals surface area contributed by atoms with Gasteiger partial charge in [0.15, 0.2) is 0 Å². The van der Waals surface area contributed by atoms with Gasteiger partial charge in [-0.1, -0.05) is 26.2 Å². The first-order valence-corrected chi connectivity index (χ1v) is 9.21. The molecule has 0 heterocycles. The summed E-state index contributed by atoms with van der Waals surface area (Å²) >= 11 is 0. The van der Waals surface area contributed by atoms with E-state index in [1.165, 1.54) is 38.5 Å². The van der Waals surface area contributed by atoms with E-state index in [2.05, 4.69) is 19.2 Å². The van der Waals surface area contributed by atoms with Gasteiger partial charge >= 0.3 is 0 Å². The molecule has 0 aromatic rings. The van der Waals surface area contributed by atoms with E-state index in [1.807, 2.05) is 0 Å². The van der Waals surface area contributed by atoms with Crippen molar-refractivity contribution < 1.29 is 9.84 Å². The van der Waals surface area contributed by atoms with E-state index in [9.17, 15) is 5.11 Å². The second-order valence-corrected chi connectivity index (χ2v) is 7.66. The predicted octanol–water partition coefficient (Wildman–Crippen LogP) is 3.11. The van der Waals surface area contributed by atoms with E-state index >= 15 is 0 Å². The second kappa shape index (κ2) is 6.55. The fourth-order valence-electron chi connectivity index (χ4n) is 5.59. The minimum Gasteiger partial charge on any atom is -0.396 e. The van der Waals surface area contributed by atoms with Crippen LogP contribution in [-0.4, -0.2) is 36.0 Å². The predicted molar refractivity (Wildman–Crippen MR) is 85.2 cm³/mol. The Bertz CT molecular complexity index is 338. The number of rotatable bonds is 5. The molecule has 4 aliphatic carbocycles. The Morgan fingerprint density at radius 2 is 1.95 bits per heavy atom. The first-order chi connectivity index (χ1) is 10.2. The van der Waals surface area contributed by atoms with Crippen molar-refractivity contribution in [3.8, 4) is 0 Å². The monoisotopic (exact) mass is 295 g/mol. The summed E-state index contributed by atoms with van der Waals surface area (Å²) in [5, 5.41) is 13.9. The molecular formula is C18H33NO2. The Kier molecular flexibility index (Phi) is 4.92. The summed E-state index contributed by atoms with van der Waals surface area (Å²) in [5.74, 6) is 1.64. The summed E-state index contributed by atoms with van der Waals surface area (Å²) in [5.41, 5.74) is -0.0655. The molecule has 4 saturated carbocycles. The van der Waals surface area contributed by atoms with E-state index < -0.39 is 0 Å². The van der Waals surface area contributed by atoms with Gasteiger partial charge in [0.25, 0.3) is 0 Å². The van der Waals surface area contributed by atoms with Crippen LogP contribution in [0, 0.1) is 17.8 Å². The summed E-state index contributed by atoms with van der Waals surface area (Å²) in [7, 11) is 0. The highest BCUT2D eigenvalue weighted by Crippen LogP contribution is 2.53. The van der Waals surface area contributed by atoms with Crippen molar-refractivity contribution in [2.24, 2.45) is 17.8 Å². The molecule has 0 aromatic carbocycles. The van der Waals surface area contributed by atoms with Crippen LogP contribution in [0.3, 0.4) is 0 Å². The Labute approximate surface area is 129 Å². The molecule has 0 amide bonds. The molecule has 2 N–H and O–H groups in total. The Morgan fingerprint density at radius 3 is 2.62 bits per heavy atom. The third-order valence-corrected chi connectivity index (χ3v) is 6.65. The summed E-state index contributed by atoms with van der Waals surface area (Å²) in [6, 6.07) is 1.33. The number of hydrogen-bond acceptors (Lipinski definition) is 3. The van der Waals surface area contributed by atoms with E-state index in [1.54, 1.807) is 0 Å². The zero-order valence-corrected chi connectivity index (χ0v) is 13.8. The van der Waals surface area contributed by atoms with Crippen LogP contribution in [0.15, 0.2) is 0 Å². The average molecular weight is 295 g/mol. The molecule has 4 rings (SSSR count). The van der Waals surface area contributed by atoms with Gasteiger partial charge in [-0.05, 0) is 50.9 Å². The number of fused-ring (bicyclic) bond motifs is 3. The minimum absolute atomic E-state index is 0.0655. The molecule has 2 bridgehead atoms. The lowest BCUT2D eigenvalue weighted by Crippen LogP contribution is -2.64. The Hall–Kier alpha value is -0.120. The summed E-state index contributed by atoms with van der Waals surface area (Å²) in [6.45, 7) is 5.49. The van der Waals surface area contributed by atoms with E-state index in [0.717, 1.165) is 31.4 Å². The van der Waals surface area contributed by atoms with Crippen LogP contribution in [0.5, 0.6) is 0 Å². The normalized spacial score (nSPS) is 44.1. The summed E-state index contributed by atoms with van der Waals surface area (Å²) in [4.78, 5) is 0. The van der Waals surface area contributed by atoms with Crippen LogP contribution in [0.4, 0.5) is 0 Å². The first kappa shape index (κ1) is 15.8. The van der Waals surface area contributed by atoms with E-state index in [0.29, 0.717) is 17.9 Å². The van der Waals surface area contributed by atoms with E-state index in [-0.39, 0.29) is 12.2 Å². The van der Waals surface area contributed by atoms with Gasteiger partial charge in [-0.2, -0.15) is 0 Å². The Morgan fingerprint density at radius 1 is 1.19 bits per heavy atom. The molecule has 0 spiro atoms. The maximum Gasteiger partial charge on any atom is 0.0749 e. The molecule has 122 valence electrons. The van der Waals surface area contributed by atoms with Crippen LogP contribution in [-0.2, 0) is 4.74 Å². The maximum atomic E-state index is 9.88. The van der Waals surface area contributed by atoms with Crippen LogP contribution in [0.2, 0.25) is 0 Å². The van der Waals surface area contributed by atoms with Crippen LogP contribution in [0.25, 0.3) is 0 Å². The van der Waals surface area contributed by atoms with Gasteiger partial charge in [0.2, 0.25) is 0 Å². The van der Waals surface area contributed by atoms with Crippen molar-refractivity contribution in [1.29, 1.82) is 0 Å². The topological polar surface area (TPSA) is 41.5 Å². The number of aliphatic hydroxyl groups is 1. The quantitative estimate of drug-likeness (QED) is 0.819. The highest BCUT2D eigenvalue weighted by Gasteiger charge is 2.56. The van der Waals surface area contributed by atoms with Crippen LogP contribution in [0.1, 0.15) is 65.2 Å². The fourth-order valence-corrected chi connectivity index (χ4v) is 5.59. The van der Waals surface area contributed by atoms with Crippen molar-refractivity contribution in [3.05, 3.63) is 0 Å². The standard InChI is InChI=1S/C18H33NO2/c1-3-21-18-10-9-15(13(2)16(18)12-20)17(11-18)19-14-7-5-4-6-8-14/h13-17,19-20H,3-12H2,1-2H3/t13-,15+,16+,17-,18-/m1/s1. The SMILES string of the molecule is CCO[C@@]12CC[C@@H]([C@@H](C)[C@@H]1CO)[C@H](NC1CCCCC1)C2. The van der Waals surface area contributed by atoms with Crippen molar-refractivity contribution in [3.63, 3.8) is 0 Å². The molecule has 0 aliphatic heterocycles. The fraction of sp³-hybridized carbons (Fsp3) is 1.00. The number of ether oxygens (including phenoxy) is 1. The first-order valence-electron chi connectivity index (χ1n) is 9.21. The maximum absolute atomic E-state index is 9.88. The van der Waals surface area contributed by atoms with Gasteiger partial charge in [0.1, 0.15) is 0 Å². The molecule has 21 heavy (non-hydrogen) atoms. The van der Waals surface area contributed by atoms with Crippen molar-refractivity contribution in [2.45, 2.75) is 82.9 Å². The van der Waals surface area contributed by atoms with Gasteiger partial charge in [0, 0.05) is 31.2 Å². The highest BCUT2D eigenvalue weighted by molar-refractivity contribution is 5.08. The number of hydrogen-bond donors (Lipinski definition) is 2. The molecule has 0 unspecified atom stereocenters. The largest absolute Gasteiger partial charge is 0.396 e. The Balaban J connectivity index is 1.72. The smallest absolute Gasteiger partial charge is 0.0749 e. The molecule has 3 heteroatoms. The third kappa shape index (κ3) is 2.89. The number of nitrogens with one attached hydrogen (secondary N) is 1. The van der Waals surface area contributed by atoms with Crippen molar-refractivity contribution in [2.75, 3.05) is 13.2 Å². The molecule has 4 fully saturated rings. The summed E-state index contributed by atoms with van der Waals surface area (Å²) < 4.78 is 6.25. The lowest BCUT2D eigenvalue weighted by Gasteiger charge is -2.58. The lowest BCUT2D eigenvalue weighted by molar-refractivity contribution is -0.190. The average Bonchev–Trinajstić information content (AvgIpc) is 2.49. The van der Waals surface area contributed by atoms with Crippen molar-refractivity contribution in [1.82, 2.24) is 5.32 Å². The van der Waals surface area contributed by atoms with Gasteiger partial charge in [-0.3, -0.25) is 0 Å². The van der Waals surface area contributed by atoms with Crippen LogP contribution >= 0.6 is 0 Å². The zero-order chi connectivity index (χ0) is 14.9. The molecule has 0 aromatic heterocycles. The minimum atomic E-state index is -0.0655. The lowest BCUT2D eigenvalue weighted by atomic mass is 9.54. The van der Waals surface area contributed by atoms with Gasteiger partial charge < -0.3 is 15.2 Å². The van der Waals surface area contributed by atoms with Gasteiger partial charge in [-0.15, -0.1) is 0 Å². The van der Waals surface area contributed by atoms with Crippen LogP contribution < -0.4 is 5.32 Å². The van der Waals surface area contributed by atoms with Gasteiger partial charge in [-0.25, -0.2) is 0 Å². The molecule has 0 radical (unpaired) electrons. The van der Waals surface area contributed by atoms with Gasteiger partial charge in [0.05, 0.1) is 5.60 Å². The highest BCUT2D eigenvalue weighted by atomic mass is 16.5. The van der Waals surface area contributed by atoms with E-state index in [4.69, 9.17) is 4.74 Å². The van der Waals surface area contributed by atoms with Crippen molar-refractivity contribution >= 4 is 0 Å². The molecule has 4 aliphatic rings. The zero-order valence-electron chi connectivity index (χ0n) is 13.8. The second-order valence-electron chi connectivity index (χ2n) is 7.66. The molecule has 5 atom stereocenters. The third-order valence-electron chi connectivity index (χ3n) is 6.65. The molecule has 0 saturated heterocycles.